The van der Waals surface area contributed by atoms with Crippen molar-refractivity contribution in [3.05, 3.63) is 28.8 Å². The molecule has 1 rings (SSSR count). The molecule has 0 unspecified atom stereocenters. The van der Waals surface area contributed by atoms with Crippen LogP contribution in [0.15, 0.2) is 18.2 Å². The van der Waals surface area contributed by atoms with Crippen LogP contribution in [0.4, 0.5) is 0 Å². The highest BCUT2D eigenvalue weighted by atomic mass is 35.5. The Kier molecular flexibility index (Phi) is 5.29. The maximum absolute atomic E-state index is 11.7. The quantitative estimate of drug-likeness (QED) is 0.568. The zero-order valence-corrected chi connectivity index (χ0v) is 10.2. The van der Waals surface area contributed by atoms with E-state index in [2.05, 4.69) is 0 Å². The predicted octanol–water partition coefficient (Wildman–Crippen LogP) is 2.96. The first kappa shape index (κ1) is 13.0. The molecule has 0 aliphatic rings. The number of methoxy groups -OCH3 is 2. The SMILES string of the molecule is COCCCC(=O)c1ccc(Cl)c(OC)c1. The second-order valence-electron chi connectivity index (χ2n) is 3.37. The van der Waals surface area contributed by atoms with E-state index >= 15 is 0 Å². The van der Waals surface area contributed by atoms with Crippen LogP contribution < -0.4 is 4.74 Å². The largest absolute Gasteiger partial charge is 0.495 e. The van der Waals surface area contributed by atoms with Crippen molar-refractivity contribution in [3.8, 4) is 5.75 Å². The molecule has 0 N–H and O–H groups in total. The average molecular weight is 243 g/mol. The molecule has 4 heteroatoms. The molecule has 16 heavy (non-hydrogen) atoms. The monoisotopic (exact) mass is 242 g/mol. The molecule has 0 saturated carbocycles. The number of ketones is 1. The standard InChI is InChI=1S/C12H15ClO3/c1-15-7-3-4-11(14)9-5-6-10(13)12(8-9)16-2/h5-6,8H,3-4,7H2,1-2H3. The summed E-state index contributed by atoms with van der Waals surface area (Å²) in [5, 5.41) is 0.510. The molecular weight excluding hydrogens is 228 g/mol. The summed E-state index contributed by atoms with van der Waals surface area (Å²) in [5.41, 5.74) is 0.623. The Labute approximate surface area is 100 Å². The minimum absolute atomic E-state index is 0.0759. The van der Waals surface area contributed by atoms with Gasteiger partial charge < -0.3 is 9.47 Å². The lowest BCUT2D eigenvalue weighted by molar-refractivity contribution is 0.0963. The molecule has 0 bridgehead atoms. The van der Waals surface area contributed by atoms with Gasteiger partial charge in [-0.1, -0.05) is 11.6 Å². The fraction of sp³-hybridized carbons (Fsp3) is 0.417. The summed E-state index contributed by atoms with van der Waals surface area (Å²) in [6, 6.07) is 5.04. The Morgan fingerprint density at radius 3 is 2.75 bits per heavy atom. The lowest BCUT2D eigenvalue weighted by atomic mass is 10.1. The van der Waals surface area contributed by atoms with E-state index < -0.39 is 0 Å². The third kappa shape index (κ3) is 3.51. The van der Waals surface area contributed by atoms with Gasteiger partial charge >= 0.3 is 0 Å². The minimum Gasteiger partial charge on any atom is -0.495 e. The zero-order valence-electron chi connectivity index (χ0n) is 9.46. The van der Waals surface area contributed by atoms with Gasteiger partial charge in [-0.3, -0.25) is 4.79 Å². The summed E-state index contributed by atoms with van der Waals surface area (Å²) in [5.74, 6) is 0.603. The third-order valence-electron chi connectivity index (χ3n) is 2.23. The molecular formula is C12H15ClO3. The van der Waals surface area contributed by atoms with Crippen molar-refractivity contribution in [2.45, 2.75) is 12.8 Å². The summed E-state index contributed by atoms with van der Waals surface area (Å²) in [6.07, 6.45) is 1.19. The van der Waals surface area contributed by atoms with Gasteiger partial charge in [-0.05, 0) is 24.6 Å². The van der Waals surface area contributed by atoms with E-state index in [1.54, 1.807) is 25.3 Å². The van der Waals surface area contributed by atoms with Crippen molar-refractivity contribution in [2.75, 3.05) is 20.8 Å². The molecule has 0 atom stereocenters. The van der Waals surface area contributed by atoms with Crippen LogP contribution in [0.1, 0.15) is 23.2 Å². The van der Waals surface area contributed by atoms with Crippen LogP contribution in [-0.4, -0.2) is 26.6 Å². The maximum Gasteiger partial charge on any atom is 0.163 e. The predicted molar refractivity (Wildman–Crippen MR) is 63.4 cm³/mol. The number of halogens is 1. The van der Waals surface area contributed by atoms with Crippen LogP contribution in [0.2, 0.25) is 5.02 Å². The number of carbonyl (C=O) groups is 1. The van der Waals surface area contributed by atoms with Crippen LogP contribution in [0.3, 0.4) is 0 Å². The Hall–Kier alpha value is -1.06. The number of hydrogen-bond donors (Lipinski definition) is 0. The van der Waals surface area contributed by atoms with Crippen LogP contribution in [0.25, 0.3) is 0 Å². The molecule has 0 radical (unpaired) electrons. The highest BCUT2D eigenvalue weighted by Crippen LogP contribution is 2.25. The van der Waals surface area contributed by atoms with Crippen LogP contribution in [0.5, 0.6) is 5.75 Å². The molecule has 0 amide bonds. The molecule has 0 aliphatic heterocycles. The molecule has 1 aromatic carbocycles. The van der Waals surface area contributed by atoms with Gasteiger partial charge in [0, 0.05) is 25.7 Å². The number of benzene rings is 1. The number of carbonyl (C=O) groups excluding carboxylic acids is 1. The summed E-state index contributed by atoms with van der Waals surface area (Å²) in [7, 11) is 3.15. The fourth-order valence-electron chi connectivity index (χ4n) is 1.35. The minimum atomic E-state index is 0.0759. The summed E-state index contributed by atoms with van der Waals surface area (Å²) in [4.78, 5) is 11.7. The summed E-state index contributed by atoms with van der Waals surface area (Å²) < 4.78 is 9.95. The van der Waals surface area contributed by atoms with Gasteiger partial charge in [0.05, 0.1) is 12.1 Å². The second-order valence-corrected chi connectivity index (χ2v) is 3.78. The smallest absolute Gasteiger partial charge is 0.163 e. The van der Waals surface area contributed by atoms with E-state index in [1.807, 2.05) is 0 Å². The Balaban J connectivity index is 2.68. The van der Waals surface area contributed by atoms with E-state index in [0.29, 0.717) is 29.4 Å². The summed E-state index contributed by atoms with van der Waals surface area (Å²) >= 11 is 5.87. The third-order valence-corrected chi connectivity index (χ3v) is 2.54. The summed E-state index contributed by atoms with van der Waals surface area (Å²) in [6.45, 7) is 0.594. The molecule has 0 spiro atoms. The van der Waals surface area contributed by atoms with E-state index in [1.165, 1.54) is 7.11 Å². The first-order chi connectivity index (χ1) is 7.69. The molecule has 0 aliphatic carbocycles. The number of rotatable bonds is 6. The van der Waals surface area contributed by atoms with Crippen molar-refractivity contribution < 1.29 is 14.3 Å². The Morgan fingerprint density at radius 1 is 1.38 bits per heavy atom. The lowest BCUT2D eigenvalue weighted by Crippen LogP contribution is -2.01. The van der Waals surface area contributed by atoms with Gasteiger partial charge in [0.15, 0.2) is 5.78 Å². The van der Waals surface area contributed by atoms with E-state index in [4.69, 9.17) is 21.1 Å². The van der Waals surface area contributed by atoms with E-state index in [0.717, 1.165) is 6.42 Å². The normalized spacial score (nSPS) is 10.2. The molecule has 0 saturated heterocycles. The highest BCUT2D eigenvalue weighted by Gasteiger charge is 2.08. The van der Waals surface area contributed by atoms with Gasteiger partial charge in [-0.25, -0.2) is 0 Å². The van der Waals surface area contributed by atoms with Crippen molar-refractivity contribution in [3.63, 3.8) is 0 Å². The molecule has 3 nitrogen and oxygen atoms in total. The second kappa shape index (κ2) is 6.51. The van der Waals surface area contributed by atoms with E-state index in [-0.39, 0.29) is 5.78 Å². The first-order valence-electron chi connectivity index (χ1n) is 5.04. The van der Waals surface area contributed by atoms with Crippen LogP contribution in [-0.2, 0) is 4.74 Å². The van der Waals surface area contributed by atoms with Crippen molar-refractivity contribution in [1.29, 1.82) is 0 Å². The average Bonchev–Trinajstić information content (AvgIpc) is 2.30. The number of ether oxygens (including phenoxy) is 2. The van der Waals surface area contributed by atoms with Gasteiger partial charge in [0.25, 0.3) is 0 Å². The van der Waals surface area contributed by atoms with Gasteiger partial charge in [0.2, 0.25) is 0 Å². The lowest BCUT2D eigenvalue weighted by Gasteiger charge is -2.05. The van der Waals surface area contributed by atoms with Crippen molar-refractivity contribution in [2.24, 2.45) is 0 Å². The van der Waals surface area contributed by atoms with Crippen molar-refractivity contribution >= 4 is 17.4 Å². The molecule has 1 aromatic rings. The first-order valence-corrected chi connectivity index (χ1v) is 5.42. The fourth-order valence-corrected chi connectivity index (χ4v) is 1.55. The van der Waals surface area contributed by atoms with Crippen molar-refractivity contribution in [1.82, 2.24) is 0 Å². The Bertz CT molecular complexity index is 363. The topological polar surface area (TPSA) is 35.5 Å². The maximum atomic E-state index is 11.7. The molecule has 0 aromatic heterocycles. The zero-order chi connectivity index (χ0) is 12.0. The number of hydrogen-bond acceptors (Lipinski definition) is 3. The number of Topliss-reactive ketones (excluding diaryl/α,β-unsaturated/α-hetero) is 1. The molecule has 0 heterocycles. The van der Waals surface area contributed by atoms with Gasteiger partial charge in [-0.2, -0.15) is 0 Å². The van der Waals surface area contributed by atoms with Crippen LogP contribution in [0, 0.1) is 0 Å². The molecule has 0 fully saturated rings. The molecule has 88 valence electrons. The van der Waals surface area contributed by atoms with Gasteiger partial charge in [-0.15, -0.1) is 0 Å². The Morgan fingerprint density at radius 2 is 2.12 bits per heavy atom. The highest BCUT2D eigenvalue weighted by molar-refractivity contribution is 6.32. The van der Waals surface area contributed by atoms with E-state index in [9.17, 15) is 4.79 Å². The van der Waals surface area contributed by atoms with Crippen LogP contribution >= 0.6 is 11.6 Å². The van der Waals surface area contributed by atoms with Gasteiger partial charge in [0.1, 0.15) is 5.75 Å².